The number of carboxylic acids is 1. The SMILES string of the molecule is O=C(O)c1ncccc1Oc1nc(C2CC2)ns1. The first-order valence-electron chi connectivity index (χ1n) is 5.44. The second-order valence-electron chi connectivity index (χ2n) is 3.95. The van der Waals surface area contributed by atoms with E-state index in [2.05, 4.69) is 14.3 Å². The van der Waals surface area contributed by atoms with Crippen LogP contribution in [0.4, 0.5) is 0 Å². The van der Waals surface area contributed by atoms with E-state index in [1.165, 1.54) is 6.20 Å². The van der Waals surface area contributed by atoms with Crippen LogP contribution in [-0.4, -0.2) is 25.4 Å². The third-order valence-corrected chi connectivity index (χ3v) is 3.15. The van der Waals surface area contributed by atoms with Crippen molar-refractivity contribution >= 4 is 17.5 Å². The number of carbonyl (C=O) groups is 1. The summed E-state index contributed by atoms with van der Waals surface area (Å²) in [5, 5.41) is 9.33. The number of hydrogen-bond donors (Lipinski definition) is 1. The van der Waals surface area contributed by atoms with Gasteiger partial charge in [0.1, 0.15) is 5.82 Å². The van der Waals surface area contributed by atoms with Gasteiger partial charge in [0.25, 0.3) is 5.19 Å². The Kier molecular flexibility index (Phi) is 2.67. The molecule has 1 fully saturated rings. The fourth-order valence-electron chi connectivity index (χ4n) is 1.50. The van der Waals surface area contributed by atoms with Crippen LogP contribution in [0.1, 0.15) is 35.1 Å². The minimum atomic E-state index is -1.13. The van der Waals surface area contributed by atoms with Crippen LogP contribution in [0.25, 0.3) is 0 Å². The highest BCUT2D eigenvalue weighted by molar-refractivity contribution is 7.07. The van der Waals surface area contributed by atoms with Crippen LogP contribution in [0.3, 0.4) is 0 Å². The zero-order valence-electron chi connectivity index (χ0n) is 9.24. The average Bonchev–Trinajstić information content (AvgIpc) is 3.11. The largest absolute Gasteiger partial charge is 0.476 e. The third-order valence-electron chi connectivity index (χ3n) is 2.54. The standard InChI is InChI=1S/C11H9N3O3S/c15-10(16)8-7(2-1-5-12-8)17-11-13-9(14-18-11)6-3-4-6/h1-2,5-6H,3-4H2,(H,15,16). The van der Waals surface area contributed by atoms with Crippen LogP contribution in [0, 0.1) is 0 Å². The molecule has 2 heterocycles. The summed E-state index contributed by atoms with van der Waals surface area (Å²) in [7, 11) is 0. The number of aromatic nitrogens is 3. The third kappa shape index (κ3) is 2.17. The van der Waals surface area contributed by atoms with Crippen molar-refractivity contribution in [3.8, 4) is 10.9 Å². The van der Waals surface area contributed by atoms with E-state index < -0.39 is 5.97 Å². The molecule has 3 rings (SSSR count). The van der Waals surface area contributed by atoms with Crippen LogP contribution in [-0.2, 0) is 0 Å². The summed E-state index contributed by atoms with van der Waals surface area (Å²) in [6, 6.07) is 3.17. The number of nitrogens with zero attached hydrogens (tertiary/aromatic N) is 3. The molecule has 18 heavy (non-hydrogen) atoms. The lowest BCUT2D eigenvalue weighted by Crippen LogP contribution is -2.02. The van der Waals surface area contributed by atoms with Crippen LogP contribution in [0.5, 0.6) is 10.9 Å². The van der Waals surface area contributed by atoms with Gasteiger partial charge in [0.15, 0.2) is 11.4 Å². The van der Waals surface area contributed by atoms with Crippen molar-refractivity contribution in [3.63, 3.8) is 0 Å². The molecule has 2 aromatic rings. The summed E-state index contributed by atoms with van der Waals surface area (Å²) in [5.74, 6) is 0.295. The summed E-state index contributed by atoms with van der Waals surface area (Å²) in [6.45, 7) is 0. The lowest BCUT2D eigenvalue weighted by Gasteiger charge is -2.03. The second kappa shape index (κ2) is 4.34. The lowest BCUT2D eigenvalue weighted by atomic mass is 10.3. The zero-order valence-corrected chi connectivity index (χ0v) is 10.1. The minimum absolute atomic E-state index is 0.124. The number of carboxylic acid groups (broad SMARTS) is 1. The smallest absolute Gasteiger partial charge is 0.358 e. The van der Waals surface area contributed by atoms with Gasteiger partial charge in [-0.2, -0.15) is 9.36 Å². The average molecular weight is 263 g/mol. The van der Waals surface area contributed by atoms with Gasteiger partial charge in [-0.05, 0) is 25.0 Å². The Hall–Kier alpha value is -2.02. The molecule has 0 spiro atoms. The molecule has 0 unspecified atom stereocenters. The van der Waals surface area contributed by atoms with Gasteiger partial charge in [-0.25, -0.2) is 9.78 Å². The van der Waals surface area contributed by atoms with E-state index in [1.54, 1.807) is 12.1 Å². The van der Waals surface area contributed by atoms with Crippen LogP contribution < -0.4 is 4.74 Å². The summed E-state index contributed by atoms with van der Waals surface area (Å²) < 4.78 is 9.62. The molecule has 2 aromatic heterocycles. The van der Waals surface area contributed by atoms with Crippen LogP contribution in [0.2, 0.25) is 0 Å². The van der Waals surface area contributed by atoms with Crippen LogP contribution in [0.15, 0.2) is 18.3 Å². The van der Waals surface area contributed by atoms with Gasteiger partial charge in [0.05, 0.1) is 0 Å². The van der Waals surface area contributed by atoms with Crippen molar-refractivity contribution in [3.05, 3.63) is 29.8 Å². The molecule has 1 N–H and O–H groups in total. The minimum Gasteiger partial charge on any atom is -0.476 e. The van der Waals surface area contributed by atoms with E-state index in [1.807, 2.05) is 0 Å². The Labute approximate surface area is 106 Å². The summed E-state index contributed by atoms with van der Waals surface area (Å²) in [4.78, 5) is 19.0. The Balaban J connectivity index is 1.84. The van der Waals surface area contributed by atoms with Crippen molar-refractivity contribution in [2.24, 2.45) is 0 Å². The van der Waals surface area contributed by atoms with Gasteiger partial charge in [-0.1, -0.05) is 0 Å². The second-order valence-corrected chi connectivity index (χ2v) is 4.66. The molecule has 1 saturated carbocycles. The summed E-state index contributed by atoms with van der Waals surface area (Å²) in [5.41, 5.74) is -0.124. The highest BCUT2D eigenvalue weighted by atomic mass is 32.1. The molecular formula is C11H9N3O3S. The monoisotopic (exact) mass is 263 g/mol. The molecule has 0 saturated heterocycles. The van der Waals surface area contributed by atoms with E-state index >= 15 is 0 Å². The number of pyridine rings is 1. The van der Waals surface area contributed by atoms with E-state index in [0.29, 0.717) is 11.1 Å². The van der Waals surface area contributed by atoms with E-state index in [9.17, 15) is 4.79 Å². The van der Waals surface area contributed by atoms with Crippen LogP contribution >= 0.6 is 11.5 Å². The maximum absolute atomic E-state index is 11.0. The quantitative estimate of drug-likeness (QED) is 0.911. The fourth-order valence-corrected chi connectivity index (χ4v) is 2.12. The molecule has 0 amide bonds. The molecule has 7 heteroatoms. The van der Waals surface area contributed by atoms with E-state index in [0.717, 1.165) is 30.2 Å². The molecule has 92 valence electrons. The molecule has 6 nitrogen and oxygen atoms in total. The lowest BCUT2D eigenvalue weighted by molar-refractivity contribution is 0.0687. The first-order valence-corrected chi connectivity index (χ1v) is 6.21. The normalized spacial score (nSPS) is 14.4. The highest BCUT2D eigenvalue weighted by Gasteiger charge is 2.28. The topological polar surface area (TPSA) is 85.2 Å². The van der Waals surface area contributed by atoms with E-state index in [-0.39, 0.29) is 11.4 Å². The molecule has 0 aliphatic heterocycles. The zero-order chi connectivity index (χ0) is 12.5. The van der Waals surface area contributed by atoms with Crippen molar-refractivity contribution < 1.29 is 14.6 Å². The van der Waals surface area contributed by atoms with Crippen molar-refractivity contribution in [2.75, 3.05) is 0 Å². The van der Waals surface area contributed by atoms with Gasteiger partial charge in [-0.3, -0.25) is 0 Å². The number of rotatable bonds is 4. The fraction of sp³-hybridized carbons (Fsp3) is 0.273. The molecule has 1 aliphatic rings. The first kappa shape index (κ1) is 11.1. The number of hydrogen-bond acceptors (Lipinski definition) is 6. The maximum Gasteiger partial charge on any atom is 0.358 e. The van der Waals surface area contributed by atoms with Gasteiger partial charge in [0, 0.05) is 23.6 Å². The predicted molar refractivity (Wildman–Crippen MR) is 63.2 cm³/mol. The number of ether oxygens (including phenoxy) is 1. The summed E-state index contributed by atoms with van der Waals surface area (Å²) in [6.07, 6.45) is 3.64. The van der Waals surface area contributed by atoms with Crippen molar-refractivity contribution in [1.29, 1.82) is 0 Å². The molecular weight excluding hydrogens is 254 g/mol. The van der Waals surface area contributed by atoms with E-state index in [4.69, 9.17) is 9.84 Å². The maximum atomic E-state index is 11.0. The van der Waals surface area contributed by atoms with Gasteiger partial charge in [-0.15, -0.1) is 0 Å². The van der Waals surface area contributed by atoms with Gasteiger partial charge < -0.3 is 9.84 Å². The molecule has 0 radical (unpaired) electrons. The Morgan fingerprint density at radius 3 is 3.06 bits per heavy atom. The van der Waals surface area contributed by atoms with Crippen molar-refractivity contribution in [1.82, 2.24) is 14.3 Å². The Bertz CT molecular complexity index is 595. The summed E-state index contributed by atoms with van der Waals surface area (Å²) >= 11 is 1.13. The molecule has 0 atom stereocenters. The highest BCUT2D eigenvalue weighted by Crippen LogP contribution is 2.40. The Morgan fingerprint density at radius 1 is 1.50 bits per heavy atom. The Morgan fingerprint density at radius 2 is 2.33 bits per heavy atom. The molecule has 1 aliphatic carbocycles. The molecule has 0 aromatic carbocycles. The first-order chi connectivity index (χ1) is 8.74. The number of aromatic carboxylic acids is 1. The van der Waals surface area contributed by atoms with Crippen molar-refractivity contribution in [2.45, 2.75) is 18.8 Å². The van der Waals surface area contributed by atoms with Gasteiger partial charge in [0.2, 0.25) is 0 Å². The molecule has 0 bridgehead atoms. The predicted octanol–water partition coefficient (Wildman–Crippen LogP) is 2.30. The van der Waals surface area contributed by atoms with Gasteiger partial charge >= 0.3 is 5.97 Å².